The highest BCUT2D eigenvalue weighted by atomic mass is 79.9. The Labute approximate surface area is 110 Å². The smallest absolute Gasteiger partial charge is 0.0302 e. The Hall–Kier alpha value is 0.1000. The van der Waals surface area contributed by atoms with Gasteiger partial charge in [0.1, 0.15) is 0 Å². The van der Waals surface area contributed by atoms with Crippen molar-refractivity contribution in [1.29, 1.82) is 0 Å². The molecule has 2 nitrogen and oxygen atoms in total. The Morgan fingerprint density at radius 3 is 3.06 bits per heavy atom. The van der Waals surface area contributed by atoms with Gasteiger partial charge >= 0.3 is 0 Å². The van der Waals surface area contributed by atoms with Crippen molar-refractivity contribution in [2.75, 3.05) is 6.54 Å². The summed E-state index contributed by atoms with van der Waals surface area (Å²) in [7, 11) is 0. The number of nitrogens with one attached hydrogen (secondary N) is 2. The molecule has 0 radical (unpaired) electrons. The van der Waals surface area contributed by atoms with Gasteiger partial charge in [-0.15, -0.1) is 11.3 Å². The van der Waals surface area contributed by atoms with Crippen LogP contribution in [0.5, 0.6) is 0 Å². The third-order valence-corrected chi connectivity index (χ3v) is 4.74. The van der Waals surface area contributed by atoms with E-state index in [0.717, 1.165) is 13.1 Å². The molecule has 0 saturated carbocycles. The molecule has 2 heterocycles. The zero-order valence-corrected chi connectivity index (χ0v) is 12.2. The second-order valence-corrected chi connectivity index (χ2v) is 7.02. The Balaban J connectivity index is 1.82. The summed E-state index contributed by atoms with van der Waals surface area (Å²) in [6.45, 7) is 6.68. The maximum Gasteiger partial charge on any atom is 0.0302 e. The summed E-state index contributed by atoms with van der Waals surface area (Å²) >= 11 is 5.30. The van der Waals surface area contributed by atoms with Gasteiger partial charge in [-0.25, -0.2) is 0 Å². The van der Waals surface area contributed by atoms with E-state index in [0.29, 0.717) is 6.04 Å². The van der Waals surface area contributed by atoms with E-state index in [1.54, 1.807) is 0 Å². The molecule has 1 atom stereocenters. The fourth-order valence-electron chi connectivity index (χ4n) is 2.24. The predicted molar refractivity (Wildman–Crippen MR) is 74.0 cm³/mol. The van der Waals surface area contributed by atoms with Gasteiger partial charge in [-0.3, -0.25) is 0 Å². The third-order valence-electron chi connectivity index (χ3n) is 3.04. The lowest BCUT2D eigenvalue weighted by Gasteiger charge is -2.36. The lowest BCUT2D eigenvalue weighted by Crippen LogP contribution is -2.51. The SMILES string of the molecule is CC1(C)CC(NCc2cc(Br)cs2)CCN1. The van der Waals surface area contributed by atoms with E-state index in [4.69, 9.17) is 0 Å². The van der Waals surface area contributed by atoms with Crippen LogP contribution in [0.3, 0.4) is 0 Å². The highest BCUT2D eigenvalue weighted by molar-refractivity contribution is 9.10. The Bertz CT molecular complexity index is 349. The van der Waals surface area contributed by atoms with Gasteiger partial charge in [-0.1, -0.05) is 0 Å². The fraction of sp³-hybridized carbons (Fsp3) is 0.667. The molecule has 0 spiro atoms. The summed E-state index contributed by atoms with van der Waals surface area (Å²) in [5.74, 6) is 0. The maximum absolute atomic E-state index is 3.66. The van der Waals surface area contributed by atoms with Crippen LogP contribution >= 0.6 is 27.3 Å². The summed E-state index contributed by atoms with van der Waals surface area (Å²) in [5.41, 5.74) is 0.284. The van der Waals surface area contributed by atoms with Crippen LogP contribution in [-0.2, 0) is 6.54 Å². The molecule has 0 amide bonds. The highest BCUT2D eigenvalue weighted by Crippen LogP contribution is 2.21. The van der Waals surface area contributed by atoms with Crippen LogP contribution in [0.15, 0.2) is 15.9 Å². The maximum atomic E-state index is 3.66. The second-order valence-electron chi connectivity index (χ2n) is 5.11. The van der Waals surface area contributed by atoms with Gasteiger partial charge in [-0.2, -0.15) is 0 Å². The zero-order chi connectivity index (χ0) is 11.6. The normalized spacial score (nSPS) is 24.6. The van der Waals surface area contributed by atoms with Crippen molar-refractivity contribution >= 4 is 27.3 Å². The Morgan fingerprint density at radius 2 is 2.44 bits per heavy atom. The summed E-state index contributed by atoms with van der Waals surface area (Å²) < 4.78 is 1.19. The predicted octanol–water partition coefficient (Wildman–Crippen LogP) is 3.13. The molecule has 2 rings (SSSR count). The van der Waals surface area contributed by atoms with Crippen molar-refractivity contribution < 1.29 is 0 Å². The first kappa shape index (κ1) is 12.6. The largest absolute Gasteiger partial charge is 0.312 e. The molecule has 1 aliphatic heterocycles. The van der Waals surface area contributed by atoms with Crippen LogP contribution in [0.1, 0.15) is 31.6 Å². The van der Waals surface area contributed by atoms with E-state index < -0.39 is 0 Å². The van der Waals surface area contributed by atoms with E-state index in [2.05, 4.69) is 51.9 Å². The number of rotatable bonds is 3. The minimum atomic E-state index is 0.284. The molecule has 0 aromatic carbocycles. The van der Waals surface area contributed by atoms with Crippen LogP contribution in [0.4, 0.5) is 0 Å². The summed E-state index contributed by atoms with van der Waals surface area (Å²) in [6.07, 6.45) is 2.44. The minimum Gasteiger partial charge on any atom is -0.312 e. The van der Waals surface area contributed by atoms with Gasteiger partial charge in [0, 0.05) is 32.9 Å². The summed E-state index contributed by atoms with van der Waals surface area (Å²) in [6, 6.07) is 2.85. The molecule has 1 aliphatic rings. The van der Waals surface area contributed by atoms with Gasteiger partial charge in [0.15, 0.2) is 0 Å². The van der Waals surface area contributed by atoms with E-state index >= 15 is 0 Å². The lowest BCUT2D eigenvalue weighted by atomic mass is 9.89. The number of hydrogen-bond acceptors (Lipinski definition) is 3. The monoisotopic (exact) mass is 302 g/mol. The number of thiophene rings is 1. The number of halogens is 1. The van der Waals surface area contributed by atoms with Crippen molar-refractivity contribution in [3.63, 3.8) is 0 Å². The van der Waals surface area contributed by atoms with Crippen LogP contribution < -0.4 is 10.6 Å². The molecule has 2 N–H and O–H groups in total. The molecule has 16 heavy (non-hydrogen) atoms. The summed E-state index contributed by atoms with van der Waals surface area (Å²) in [4.78, 5) is 1.41. The topological polar surface area (TPSA) is 24.1 Å². The van der Waals surface area contributed by atoms with Gasteiger partial charge in [-0.05, 0) is 55.2 Å². The summed E-state index contributed by atoms with van der Waals surface area (Å²) in [5, 5.41) is 9.34. The molecule has 1 aromatic heterocycles. The van der Waals surface area contributed by atoms with Crippen LogP contribution in [-0.4, -0.2) is 18.1 Å². The van der Waals surface area contributed by atoms with Gasteiger partial charge < -0.3 is 10.6 Å². The quantitative estimate of drug-likeness (QED) is 0.896. The average molecular weight is 303 g/mol. The fourth-order valence-corrected chi connectivity index (χ4v) is 3.64. The van der Waals surface area contributed by atoms with Crippen molar-refractivity contribution in [2.45, 2.75) is 44.8 Å². The molecular weight excluding hydrogens is 284 g/mol. The van der Waals surface area contributed by atoms with Crippen molar-refractivity contribution in [1.82, 2.24) is 10.6 Å². The van der Waals surface area contributed by atoms with E-state index in [1.165, 1.54) is 22.2 Å². The molecule has 1 fully saturated rings. The van der Waals surface area contributed by atoms with Gasteiger partial charge in [0.2, 0.25) is 0 Å². The first-order valence-electron chi connectivity index (χ1n) is 5.76. The van der Waals surface area contributed by atoms with Crippen molar-refractivity contribution in [2.24, 2.45) is 0 Å². The molecule has 90 valence electrons. The molecule has 4 heteroatoms. The van der Waals surface area contributed by atoms with Crippen LogP contribution in [0.25, 0.3) is 0 Å². The zero-order valence-electron chi connectivity index (χ0n) is 9.85. The molecule has 1 aromatic rings. The third kappa shape index (κ3) is 3.55. The van der Waals surface area contributed by atoms with E-state index in [-0.39, 0.29) is 5.54 Å². The molecule has 1 saturated heterocycles. The highest BCUT2D eigenvalue weighted by Gasteiger charge is 2.26. The standard InChI is InChI=1S/C12H19BrN2S/c1-12(2)6-10(3-4-15-12)14-7-11-5-9(13)8-16-11/h5,8,10,14-15H,3-4,6-7H2,1-2H3. The second kappa shape index (κ2) is 5.17. The van der Waals surface area contributed by atoms with Crippen molar-refractivity contribution in [3.8, 4) is 0 Å². The van der Waals surface area contributed by atoms with E-state index in [1.807, 2.05) is 11.3 Å². The number of piperidine rings is 1. The first-order valence-corrected chi connectivity index (χ1v) is 7.44. The van der Waals surface area contributed by atoms with E-state index in [9.17, 15) is 0 Å². The lowest BCUT2D eigenvalue weighted by molar-refractivity contribution is 0.248. The van der Waals surface area contributed by atoms with Gasteiger partial charge in [0.05, 0.1) is 0 Å². The molecule has 0 aliphatic carbocycles. The first-order chi connectivity index (χ1) is 7.55. The minimum absolute atomic E-state index is 0.284. The molecule has 1 unspecified atom stereocenters. The van der Waals surface area contributed by atoms with Crippen molar-refractivity contribution in [3.05, 3.63) is 20.8 Å². The van der Waals surface area contributed by atoms with Crippen LogP contribution in [0, 0.1) is 0 Å². The molecular formula is C12H19BrN2S. The Morgan fingerprint density at radius 1 is 1.62 bits per heavy atom. The molecule has 0 bridgehead atoms. The Kier molecular flexibility index (Phi) is 4.06. The van der Waals surface area contributed by atoms with Crippen LogP contribution in [0.2, 0.25) is 0 Å². The average Bonchev–Trinajstić information content (AvgIpc) is 2.60. The number of hydrogen-bond donors (Lipinski definition) is 2. The van der Waals surface area contributed by atoms with Gasteiger partial charge in [0.25, 0.3) is 0 Å².